The Morgan fingerprint density at radius 3 is 2.81 bits per heavy atom. The van der Waals surface area contributed by atoms with E-state index in [4.69, 9.17) is 4.74 Å². The topological polar surface area (TPSA) is 45.7 Å². The first-order valence-electron chi connectivity index (χ1n) is 11.8. The van der Waals surface area contributed by atoms with Crippen molar-refractivity contribution in [1.82, 2.24) is 14.8 Å². The van der Waals surface area contributed by atoms with E-state index in [0.717, 1.165) is 49.1 Å². The molecule has 5 nitrogen and oxygen atoms in total. The average molecular weight is 430 g/mol. The van der Waals surface area contributed by atoms with E-state index in [1.54, 1.807) is 0 Å². The Morgan fingerprint density at radius 1 is 1.03 bits per heavy atom. The van der Waals surface area contributed by atoms with Gasteiger partial charge in [0.05, 0.1) is 13.2 Å². The summed E-state index contributed by atoms with van der Waals surface area (Å²) in [6, 6.07) is 16.7. The van der Waals surface area contributed by atoms with E-state index in [1.807, 2.05) is 35.5 Å². The summed E-state index contributed by atoms with van der Waals surface area (Å²) in [4.78, 5) is 22.2. The van der Waals surface area contributed by atoms with E-state index >= 15 is 0 Å². The lowest BCUT2D eigenvalue weighted by molar-refractivity contribution is 0.0735. The zero-order valence-corrected chi connectivity index (χ0v) is 18.6. The summed E-state index contributed by atoms with van der Waals surface area (Å²) >= 11 is 0. The molecule has 5 rings (SSSR count). The van der Waals surface area contributed by atoms with Crippen molar-refractivity contribution in [3.8, 4) is 0 Å². The highest BCUT2D eigenvalue weighted by Crippen LogP contribution is 2.22. The number of fused-ring (bicyclic) bond motifs is 1. The minimum atomic E-state index is 0.139. The van der Waals surface area contributed by atoms with Gasteiger partial charge in [-0.3, -0.25) is 14.7 Å². The smallest absolute Gasteiger partial charge is 0.254 e. The molecule has 0 radical (unpaired) electrons. The molecule has 2 aliphatic heterocycles. The van der Waals surface area contributed by atoms with E-state index in [9.17, 15) is 4.79 Å². The van der Waals surface area contributed by atoms with Gasteiger partial charge in [-0.15, -0.1) is 0 Å². The van der Waals surface area contributed by atoms with Gasteiger partial charge in [0.25, 0.3) is 5.91 Å². The quantitative estimate of drug-likeness (QED) is 0.611. The van der Waals surface area contributed by atoms with Gasteiger partial charge in [-0.25, -0.2) is 0 Å². The molecule has 2 aromatic carbocycles. The number of aromatic nitrogens is 1. The molecule has 0 N–H and O–H groups in total. The number of amides is 1. The van der Waals surface area contributed by atoms with Crippen LogP contribution in [0.1, 0.15) is 34.3 Å². The van der Waals surface area contributed by atoms with Gasteiger partial charge in [0.15, 0.2) is 0 Å². The molecule has 2 aliphatic rings. The van der Waals surface area contributed by atoms with Crippen molar-refractivity contribution >= 4 is 16.7 Å². The maximum Gasteiger partial charge on any atom is 0.254 e. The monoisotopic (exact) mass is 429 g/mol. The summed E-state index contributed by atoms with van der Waals surface area (Å²) in [7, 11) is 0. The third-order valence-corrected chi connectivity index (χ3v) is 6.69. The number of pyridine rings is 1. The standard InChI is InChI=1S/C27H31N3O2/c31-27(26-6-2-1-5-25(26)19-29-11-3-4-12-29)30-13-14-32-20-22(18-30)15-21-7-8-24-17-28-10-9-23(24)16-21/h1-2,5-10,16-17,22H,3-4,11-15,18-20H2/t22-/m0/s1. The van der Waals surface area contributed by atoms with Gasteiger partial charge in [-0.2, -0.15) is 0 Å². The van der Waals surface area contributed by atoms with Crippen LogP contribution in [0.25, 0.3) is 10.8 Å². The molecule has 0 saturated carbocycles. The van der Waals surface area contributed by atoms with Crippen LogP contribution in [0.15, 0.2) is 60.9 Å². The van der Waals surface area contributed by atoms with Gasteiger partial charge in [-0.1, -0.05) is 36.4 Å². The molecular formula is C27H31N3O2. The normalized spacial score (nSPS) is 19.9. The van der Waals surface area contributed by atoms with Gasteiger partial charge < -0.3 is 9.64 Å². The Hall–Kier alpha value is -2.76. The maximum absolute atomic E-state index is 13.6. The third-order valence-electron chi connectivity index (χ3n) is 6.69. The van der Waals surface area contributed by atoms with E-state index in [0.29, 0.717) is 19.8 Å². The van der Waals surface area contributed by atoms with Crippen LogP contribution >= 0.6 is 0 Å². The molecule has 5 heteroatoms. The molecule has 2 saturated heterocycles. The third kappa shape index (κ3) is 4.84. The largest absolute Gasteiger partial charge is 0.379 e. The van der Waals surface area contributed by atoms with Crippen molar-refractivity contribution in [2.24, 2.45) is 5.92 Å². The average Bonchev–Trinajstić information content (AvgIpc) is 3.23. The maximum atomic E-state index is 13.6. The lowest BCUT2D eigenvalue weighted by Crippen LogP contribution is -2.37. The lowest BCUT2D eigenvalue weighted by Gasteiger charge is -2.25. The number of rotatable bonds is 5. The molecular weight excluding hydrogens is 398 g/mol. The van der Waals surface area contributed by atoms with Crippen molar-refractivity contribution < 1.29 is 9.53 Å². The molecule has 1 atom stereocenters. The number of nitrogens with zero attached hydrogens (tertiary/aromatic N) is 3. The molecule has 0 aliphatic carbocycles. The highest BCUT2D eigenvalue weighted by atomic mass is 16.5. The fourth-order valence-corrected chi connectivity index (χ4v) is 5.00. The molecule has 0 unspecified atom stereocenters. The summed E-state index contributed by atoms with van der Waals surface area (Å²) in [5.74, 6) is 0.423. The SMILES string of the molecule is O=C(c1ccccc1CN1CCCC1)N1CCOC[C@@H](Cc2ccc3cnccc3c2)C1. The van der Waals surface area contributed by atoms with E-state index < -0.39 is 0 Å². The molecule has 0 spiro atoms. The first-order chi connectivity index (χ1) is 15.8. The number of likely N-dealkylation sites (tertiary alicyclic amines) is 1. The highest BCUT2D eigenvalue weighted by Gasteiger charge is 2.26. The van der Waals surface area contributed by atoms with Crippen LogP contribution in [0.2, 0.25) is 0 Å². The Labute approximate surface area is 190 Å². The van der Waals surface area contributed by atoms with E-state index in [2.05, 4.69) is 40.2 Å². The summed E-state index contributed by atoms with van der Waals surface area (Å²) in [6.45, 7) is 5.78. The van der Waals surface area contributed by atoms with Gasteiger partial charge >= 0.3 is 0 Å². The molecule has 1 aromatic heterocycles. The summed E-state index contributed by atoms with van der Waals surface area (Å²) in [6.07, 6.45) is 7.14. The zero-order chi connectivity index (χ0) is 21.8. The Morgan fingerprint density at radius 2 is 1.91 bits per heavy atom. The number of hydrogen-bond acceptors (Lipinski definition) is 4. The number of carbonyl (C=O) groups excluding carboxylic acids is 1. The Bertz CT molecular complexity index is 1080. The molecule has 3 aromatic rings. The van der Waals surface area contributed by atoms with Crippen LogP contribution in [0.3, 0.4) is 0 Å². The van der Waals surface area contributed by atoms with Crippen LogP contribution in [0.4, 0.5) is 0 Å². The fourth-order valence-electron chi connectivity index (χ4n) is 5.00. The van der Waals surface area contributed by atoms with Gasteiger partial charge in [-0.05, 0) is 61.0 Å². The second-order valence-electron chi connectivity index (χ2n) is 9.09. The summed E-state index contributed by atoms with van der Waals surface area (Å²) in [5.41, 5.74) is 3.27. The first kappa shape index (κ1) is 21.1. The minimum Gasteiger partial charge on any atom is -0.379 e. The van der Waals surface area contributed by atoms with Crippen LogP contribution in [-0.2, 0) is 17.7 Å². The first-order valence-corrected chi connectivity index (χ1v) is 11.8. The fraction of sp³-hybridized carbons (Fsp3) is 0.407. The molecule has 2 fully saturated rings. The number of ether oxygens (including phenoxy) is 1. The Balaban J connectivity index is 1.31. The second-order valence-corrected chi connectivity index (χ2v) is 9.09. The zero-order valence-electron chi connectivity index (χ0n) is 18.6. The van der Waals surface area contributed by atoms with Crippen molar-refractivity contribution in [2.45, 2.75) is 25.8 Å². The second kappa shape index (κ2) is 9.80. The van der Waals surface area contributed by atoms with Crippen LogP contribution in [-0.4, -0.2) is 60.1 Å². The van der Waals surface area contributed by atoms with E-state index in [-0.39, 0.29) is 11.8 Å². The van der Waals surface area contributed by atoms with E-state index in [1.165, 1.54) is 23.8 Å². The van der Waals surface area contributed by atoms with Crippen molar-refractivity contribution in [3.63, 3.8) is 0 Å². The van der Waals surface area contributed by atoms with Gasteiger partial charge in [0.1, 0.15) is 0 Å². The summed E-state index contributed by atoms with van der Waals surface area (Å²) < 4.78 is 5.91. The highest BCUT2D eigenvalue weighted by molar-refractivity contribution is 5.95. The van der Waals surface area contributed by atoms with Crippen molar-refractivity contribution in [1.29, 1.82) is 0 Å². The predicted octanol–water partition coefficient (Wildman–Crippen LogP) is 4.16. The lowest BCUT2D eigenvalue weighted by atomic mass is 9.97. The van der Waals surface area contributed by atoms with Crippen LogP contribution < -0.4 is 0 Å². The number of benzene rings is 2. The molecule has 166 valence electrons. The van der Waals surface area contributed by atoms with Crippen LogP contribution in [0, 0.1) is 5.92 Å². The van der Waals surface area contributed by atoms with Crippen molar-refractivity contribution in [2.75, 3.05) is 39.4 Å². The predicted molar refractivity (Wildman–Crippen MR) is 127 cm³/mol. The van der Waals surface area contributed by atoms with Crippen LogP contribution in [0.5, 0.6) is 0 Å². The van der Waals surface area contributed by atoms with Gasteiger partial charge in [0.2, 0.25) is 0 Å². The molecule has 0 bridgehead atoms. The Kier molecular flexibility index (Phi) is 6.46. The summed E-state index contributed by atoms with van der Waals surface area (Å²) in [5, 5.41) is 2.36. The molecule has 3 heterocycles. The number of carbonyl (C=O) groups is 1. The molecule has 32 heavy (non-hydrogen) atoms. The van der Waals surface area contributed by atoms with Gasteiger partial charge in [0, 0.05) is 48.9 Å². The number of hydrogen-bond donors (Lipinski definition) is 0. The minimum absolute atomic E-state index is 0.139. The molecule has 1 amide bonds. The van der Waals surface area contributed by atoms with Crippen molar-refractivity contribution in [3.05, 3.63) is 77.6 Å².